The summed E-state index contributed by atoms with van der Waals surface area (Å²) in [6.45, 7) is 1.85. The molecule has 1 amide bonds. The number of rotatable bonds is 3. The van der Waals surface area contributed by atoms with Crippen LogP contribution in [0.2, 0.25) is 0 Å². The van der Waals surface area contributed by atoms with E-state index < -0.39 is 0 Å². The van der Waals surface area contributed by atoms with Gasteiger partial charge in [-0.15, -0.1) is 23.7 Å². The maximum Gasteiger partial charge on any atom is 0.229 e. The van der Waals surface area contributed by atoms with Crippen LogP contribution in [0.25, 0.3) is 11.3 Å². The number of thiazole rings is 1. The van der Waals surface area contributed by atoms with Crippen LogP contribution in [-0.4, -0.2) is 24.0 Å². The molecule has 4 rings (SSSR count). The van der Waals surface area contributed by atoms with E-state index >= 15 is 0 Å². The molecule has 1 aromatic carbocycles. The number of hydrogen-bond acceptors (Lipinski definition) is 4. The van der Waals surface area contributed by atoms with E-state index in [4.69, 9.17) is 0 Å². The maximum atomic E-state index is 12.3. The van der Waals surface area contributed by atoms with Crippen LogP contribution in [0.4, 0.5) is 5.13 Å². The van der Waals surface area contributed by atoms with Crippen LogP contribution >= 0.6 is 23.7 Å². The smallest absolute Gasteiger partial charge is 0.229 e. The Bertz CT molecular complexity index is 725. The van der Waals surface area contributed by atoms with E-state index in [2.05, 4.69) is 33.8 Å². The first-order chi connectivity index (χ1) is 11.3. The topological polar surface area (TPSA) is 54.0 Å². The van der Waals surface area contributed by atoms with Gasteiger partial charge in [0, 0.05) is 16.9 Å². The Morgan fingerprint density at radius 2 is 2.00 bits per heavy atom. The molecule has 128 valence electrons. The zero-order valence-electron chi connectivity index (χ0n) is 13.5. The van der Waals surface area contributed by atoms with Gasteiger partial charge in [-0.2, -0.15) is 0 Å². The van der Waals surface area contributed by atoms with Gasteiger partial charge in [0.25, 0.3) is 0 Å². The molecule has 0 unspecified atom stereocenters. The minimum Gasteiger partial charge on any atom is -0.317 e. The Morgan fingerprint density at radius 3 is 2.83 bits per heavy atom. The van der Waals surface area contributed by atoms with Gasteiger partial charge >= 0.3 is 0 Å². The summed E-state index contributed by atoms with van der Waals surface area (Å²) in [5, 5.41) is 9.03. The largest absolute Gasteiger partial charge is 0.317 e. The third-order valence-corrected chi connectivity index (χ3v) is 5.60. The molecular formula is C18H22ClN3OS. The lowest BCUT2D eigenvalue weighted by molar-refractivity contribution is -0.120. The van der Waals surface area contributed by atoms with Crippen molar-refractivity contribution in [2.24, 2.45) is 5.92 Å². The summed E-state index contributed by atoms with van der Waals surface area (Å²) in [7, 11) is 0. The van der Waals surface area contributed by atoms with Gasteiger partial charge in [-0.05, 0) is 62.4 Å². The number of aromatic nitrogens is 1. The predicted molar refractivity (Wildman–Crippen MR) is 101 cm³/mol. The summed E-state index contributed by atoms with van der Waals surface area (Å²) in [6, 6.07) is 6.64. The van der Waals surface area contributed by atoms with Crippen molar-refractivity contribution < 1.29 is 4.79 Å². The average Bonchev–Trinajstić information content (AvgIpc) is 3.23. The summed E-state index contributed by atoms with van der Waals surface area (Å²) in [6.07, 6.45) is 5.45. The summed E-state index contributed by atoms with van der Waals surface area (Å²) in [5.74, 6) is 0.227. The number of anilines is 1. The zero-order valence-corrected chi connectivity index (χ0v) is 15.1. The highest BCUT2D eigenvalue weighted by Gasteiger charge is 2.22. The van der Waals surface area contributed by atoms with Crippen molar-refractivity contribution in [2.75, 3.05) is 18.4 Å². The van der Waals surface area contributed by atoms with Crippen LogP contribution in [0, 0.1) is 5.92 Å². The molecule has 1 fully saturated rings. The molecule has 1 aliphatic heterocycles. The second-order valence-electron chi connectivity index (χ2n) is 6.39. The van der Waals surface area contributed by atoms with Crippen LogP contribution in [0.15, 0.2) is 23.6 Å². The summed E-state index contributed by atoms with van der Waals surface area (Å²) < 4.78 is 0. The number of amides is 1. The molecule has 2 aromatic rings. The predicted octanol–water partition coefficient (Wildman–Crippen LogP) is 3.66. The van der Waals surface area contributed by atoms with Gasteiger partial charge in [-0.3, -0.25) is 4.79 Å². The highest BCUT2D eigenvalue weighted by molar-refractivity contribution is 7.14. The number of fused-ring (bicyclic) bond motifs is 1. The van der Waals surface area contributed by atoms with E-state index in [-0.39, 0.29) is 24.2 Å². The minimum absolute atomic E-state index is 0. The molecule has 0 atom stereocenters. The molecule has 0 spiro atoms. The molecule has 24 heavy (non-hydrogen) atoms. The van der Waals surface area contributed by atoms with Gasteiger partial charge in [-0.1, -0.05) is 12.1 Å². The monoisotopic (exact) mass is 363 g/mol. The molecule has 6 heteroatoms. The third-order valence-electron chi connectivity index (χ3n) is 4.84. The Morgan fingerprint density at radius 1 is 1.21 bits per heavy atom. The fraction of sp³-hybridized carbons (Fsp3) is 0.444. The Labute approximate surface area is 152 Å². The molecule has 0 saturated carbocycles. The van der Waals surface area contributed by atoms with Gasteiger partial charge in [0.05, 0.1) is 5.69 Å². The lowest BCUT2D eigenvalue weighted by atomic mass is 9.97. The number of hydrogen-bond donors (Lipinski definition) is 2. The van der Waals surface area contributed by atoms with Gasteiger partial charge in [0.2, 0.25) is 5.91 Å². The lowest BCUT2D eigenvalue weighted by Crippen LogP contribution is -2.34. The second kappa shape index (κ2) is 7.64. The van der Waals surface area contributed by atoms with Gasteiger partial charge < -0.3 is 10.6 Å². The van der Waals surface area contributed by atoms with Crippen LogP contribution in [0.1, 0.15) is 30.4 Å². The normalized spacial score (nSPS) is 17.2. The van der Waals surface area contributed by atoms with Crippen molar-refractivity contribution in [1.82, 2.24) is 10.3 Å². The van der Waals surface area contributed by atoms with Crippen molar-refractivity contribution >= 4 is 34.8 Å². The number of piperidine rings is 1. The highest BCUT2D eigenvalue weighted by atomic mass is 35.5. The Hall–Kier alpha value is -1.43. The van der Waals surface area contributed by atoms with Crippen LogP contribution in [0.3, 0.4) is 0 Å². The maximum absolute atomic E-state index is 12.3. The second-order valence-corrected chi connectivity index (χ2v) is 7.25. The lowest BCUT2D eigenvalue weighted by Gasteiger charge is -2.20. The van der Waals surface area contributed by atoms with E-state index in [1.54, 1.807) is 0 Å². The third kappa shape index (κ3) is 3.63. The van der Waals surface area contributed by atoms with Crippen molar-refractivity contribution in [3.63, 3.8) is 0 Å². The van der Waals surface area contributed by atoms with Gasteiger partial charge in [0.15, 0.2) is 5.13 Å². The van der Waals surface area contributed by atoms with Crippen LogP contribution < -0.4 is 10.6 Å². The fourth-order valence-corrected chi connectivity index (χ4v) is 4.21. The van der Waals surface area contributed by atoms with Gasteiger partial charge in [0.1, 0.15) is 0 Å². The van der Waals surface area contributed by atoms with Crippen LogP contribution in [-0.2, 0) is 17.6 Å². The number of carbonyl (C=O) groups excluding carboxylic acids is 1. The first-order valence-corrected chi connectivity index (χ1v) is 9.27. The Kier molecular flexibility index (Phi) is 5.54. The molecule has 0 bridgehead atoms. The SMILES string of the molecule is Cl.O=C(Nc1nc(-c2ccc3c(c2)CCC3)cs1)C1CCNCC1. The number of nitrogens with one attached hydrogen (secondary N) is 2. The molecule has 1 aromatic heterocycles. The van der Waals surface area contributed by atoms with E-state index in [9.17, 15) is 4.79 Å². The van der Waals surface area contributed by atoms with E-state index in [1.807, 2.05) is 5.38 Å². The summed E-state index contributed by atoms with van der Waals surface area (Å²) in [4.78, 5) is 16.9. The first kappa shape index (κ1) is 17.4. The molecule has 1 aliphatic carbocycles. The number of carbonyl (C=O) groups is 1. The number of nitrogens with zero attached hydrogens (tertiary/aromatic N) is 1. The zero-order chi connectivity index (χ0) is 15.6. The number of halogens is 1. The molecule has 4 nitrogen and oxygen atoms in total. The van der Waals surface area contributed by atoms with E-state index in [0.29, 0.717) is 5.13 Å². The van der Waals surface area contributed by atoms with Crippen molar-refractivity contribution in [1.29, 1.82) is 0 Å². The van der Waals surface area contributed by atoms with Crippen molar-refractivity contribution in [3.05, 3.63) is 34.7 Å². The molecule has 0 radical (unpaired) electrons. The summed E-state index contributed by atoms with van der Waals surface area (Å²) in [5.41, 5.74) is 5.05. The average molecular weight is 364 g/mol. The first-order valence-electron chi connectivity index (χ1n) is 8.39. The quantitative estimate of drug-likeness (QED) is 0.875. The fourth-order valence-electron chi connectivity index (χ4n) is 3.49. The molecule has 2 N–H and O–H groups in total. The number of benzene rings is 1. The summed E-state index contributed by atoms with van der Waals surface area (Å²) >= 11 is 1.51. The molecular weight excluding hydrogens is 342 g/mol. The molecule has 2 heterocycles. The van der Waals surface area contributed by atoms with E-state index in [0.717, 1.165) is 37.2 Å². The highest BCUT2D eigenvalue weighted by Crippen LogP contribution is 2.30. The Balaban J connectivity index is 0.00000169. The van der Waals surface area contributed by atoms with Crippen LogP contribution in [0.5, 0.6) is 0 Å². The molecule has 1 saturated heterocycles. The molecule has 2 aliphatic rings. The van der Waals surface area contributed by atoms with E-state index in [1.165, 1.54) is 41.7 Å². The number of aryl methyl sites for hydroxylation is 2. The van der Waals surface area contributed by atoms with Crippen molar-refractivity contribution in [3.8, 4) is 11.3 Å². The minimum atomic E-state index is 0. The van der Waals surface area contributed by atoms with Crippen molar-refractivity contribution in [2.45, 2.75) is 32.1 Å². The van der Waals surface area contributed by atoms with Gasteiger partial charge in [-0.25, -0.2) is 4.98 Å². The standard InChI is InChI=1S/C18H21N3OS.ClH/c22-17(13-6-8-19-9-7-13)21-18-20-16(11-23-18)15-5-4-12-2-1-3-14(12)10-15;/h4-5,10-11,13,19H,1-3,6-9H2,(H,20,21,22);1H.